The van der Waals surface area contributed by atoms with E-state index in [1.807, 2.05) is 54.6 Å². The number of imide groups is 1. The lowest BCUT2D eigenvalue weighted by molar-refractivity contribution is -0.135. The molecule has 0 bridgehead atoms. The van der Waals surface area contributed by atoms with E-state index in [1.165, 1.54) is 10.5 Å². The molecule has 0 saturated carbocycles. The Kier molecular flexibility index (Phi) is 5.77. The lowest BCUT2D eigenvalue weighted by atomic mass is 9.86. The van der Waals surface area contributed by atoms with Crippen LogP contribution in [0.3, 0.4) is 0 Å². The minimum Gasteiger partial charge on any atom is -0.464 e. The van der Waals surface area contributed by atoms with Crippen LogP contribution in [0.1, 0.15) is 24.0 Å². The molecular formula is C27H29N3O3. The first-order valence-corrected chi connectivity index (χ1v) is 11.6. The smallest absolute Gasteiger partial charge is 0.327 e. The van der Waals surface area contributed by atoms with Crippen LogP contribution in [0.15, 0.2) is 77.4 Å². The zero-order valence-corrected chi connectivity index (χ0v) is 18.9. The Morgan fingerprint density at radius 1 is 0.909 bits per heavy atom. The fourth-order valence-electron chi connectivity index (χ4n) is 5.13. The number of carbonyl (C=O) groups excluding carboxylic acids is 2. The van der Waals surface area contributed by atoms with Crippen molar-refractivity contribution in [2.45, 2.75) is 31.3 Å². The fourth-order valence-corrected chi connectivity index (χ4v) is 5.13. The molecule has 2 aromatic carbocycles. The number of hydrogen-bond donors (Lipinski definition) is 0. The second kappa shape index (κ2) is 8.87. The van der Waals surface area contributed by atoms with Gasteiger partial charge in [0.05, 0.1) is 6.26 Å². The zero-order valence-electron chi connectivity index (χ0n) is 18.9. The van der Waals surface area contributed by atoms with Gasteiger partial charge in [0, 0.05) is 38.8 Å². The summed E-state index contributed by atoms with van der Waals surface area (Å²) in [5, 5.41) is 0. The van der Waals surface area contributed by atoms with Crippen LogP contribution >= 0.6 is 0 Å². The highest BCUT2D eigenvalue weighted by molar-refractivity contribution is 6.07. The van der Waals surface area contributed by atoms with Gasteiger partial charge in [-0.2, -0.15) is 0 Å². The molecular weight excluding hydrogens is 414 g/mol. The van der Waals surface area contributed by atoms with Crippen molar-refractivity contribution in [3.05, 3.63) is 84.1 Å². The molecule has 0 radical (unpaired) electrons. The van der Waals surface area contributed by atoms with Crippen LogP contribution < -0.4 is 0 Å². The molecule has 0 aliphatic carbocycles. The van der Waals surface area contributed by atoms with Crippen LogP contribution in [0, 0.1) is 0 Å². The van der Waals surface area contributed by atoms with E-state index in [4.69, 9.17) is 4.42 Å². The van der Waals surface area contributed by atoms with Gasteiger partial charge < -0.3 is 9.32 Å². The molecule has 2 saturated heterocycles. The molecule has 170 valence electrons. The van der Waals surface area contributed by atoms with Crippen molar-refractivity contribution in [2.75, 3.05) is 26.7 Å². The van der Waals surface area contributed by atoms with Crippen molar-refractivity contribution in [3.8, 4) is 11.3 Å². The van der Waals surface area contributed by atoms with Gasteiger partial charge in [-0.05, 0) is 42.5 Å². The molecule has 1 spiro atoms. The van der Waals surface area contributed by atoms with Crippen molar-refractivity contribution >= 4 is 11.9 Å². The van der Waals surface area contributed by atoms with Crippen LogP contribution in [-0.4, -0.2) is 58.9 Å². The summed E-state index contributed by atoms with van der Waals surface area (Å²) in [7, 11) is 1.78. The summed E-state index contributed by atoms with van der Waals surface area (Å²) < 4.78 is 5.62. The third kappa shape index (κ3) is 3.95. The summed E-state index contributed by atoms with van der Waals surface area (Å²) in [4.78, 5) is 31.9. The van der Waals surface area contributed by atoms with E-state index in [0.717, 1.165) is 36.5 Å². The van der Waals surface area contributed by atoms with Crippen molar-refractivity contribution in [2.24, 2.45) is 0 Å². The normalized spacial score (nSPS) is 18.5. The number of hydrogen-bond acceptors (Lipinski definition) is 4. The number of piperidine rings is 1. The Labute approximate surface area is 194 Å². The quantitative estimate of drug-likeness (QED) is 0.530. The molecule has 3 amide bonds. The SMILES string of the molecule is CN1C(=O)N(CCc2ccccc2)C(=O)C12CCN(Cc1ccccc1-c1ccco1)CC2. The molecule has 6 heteroatoms. The Bertz CT molecular complexity index is 1120. The Balaban J connectivity index is 1.25. The maximum Gasteiger partial charge on any atom is 0.327 e. The predicted octanol–water partition coefficient (Wildman–Crippen LogP) is 4.42. The number of benzene rings is 2. The molecule has 1 aromatic heterocycles. The molecule has 3 aromatic rings. The monoisotopic (exact) mass is 443 g/mol. The largest absolute Gasteiger partial charge is 0.464 e. The van der Waals surface area contributed by atoms with Crippen LogP contribution in [-0.2, 0) is 17.8 Å². The molecule has 0 atom stereocenters. The summed E-state index contributed by atoms with van der Waals surface area (Å²) in [6.45, 7) is 2.75. The van der Waals surface area contributed by atoms with E-state index in [9.17, 15) is 9.59 Å². The van der Waals surface area contributed by atoms with Gasteiger partial charge in [0.25, 0.3) is 5.91 Å². The second-order valence-electron chi connectivity index (χ2n) is 8.98. The minimum atomic E-state index is -0.717. The van der Waals surface area contributed by atoms with Crippen LogP contribution in [0.5, 0.6) is 0 Å². The first-order valence-electron chi connectivity index (χ1n) is 11.6. The van der Waals surface area contributed by atoms with E-state index in [0.29, 0.717) is 25.8 Å². The number of rotatable bonds is 6. The summed E-state index contributed by atoms with van der Waals surface area (Å²) in [6, 6.07) is 22.0. The molecule has 2 aliphatic rings. The third-order valence-electron chi connectivity index (χ3n) is 7.15. The summed E-state index contributed by atoms with van der Waals surface area (Å²) in [6.07, 6.45) is 3.68. The Hall–Kier alpha value is -3.38. The maximum absolute atomic E-state index is 13.4. The average molecular weight is 444 g/mol. The lowest BCUT2D eigenvalue weighted by Gasteiger charge is -2.41. The van der Waals surface area contributed by atoms with Gasteiger partial charge in [-0.1, -0.05) is 54.6 Å². The van der Waals surface area contributed by atoms with E-state index < -0.39 is 5.54 Å². The first kappa shape index (κ1) is 21.5. The average Bonchev–Trinajstić information content (AvgIpc) is 3.44. The molecule has 6 nitrogen and oxygen atoms in total. The summed E-state index contributed by atoms with van der Waals surface area (Å²) in [5.41, 5.74) is 2.71. The number of urea groups is 1. The topological polar surface area (TPSA) is 57.0 Å². The summed E-state index contributed by atoms with van der Waals surface area (Å²) in [5.74, 6) is 0.825. The lowest BCUT2D eigenvalue weighted by Crippen LogP contribution is -2.55. The van der Waals surface area contributed by atoms with Gasteiger partial charge in [-0.3, -0.25) is 14.6 Å². The molecule has 5 rings (SSSR count). The predicted molar refractivity (Wildman–Crippen MR) is 126 cm³/mol. The molecule has 2 aliphatic heterocycles. The number of likely N-dealkylation sites (N-methyl/N-ethyl adjacent to an activating group) is 1. The number of carbonyl (C=O) groups is 2. The molecule has 2 fully saturated rings. The van der Waals surface area contributed by atoms with Crippen LogP contribution in [0.2, 0.25) is 0 Å². The van der Waals surface area contributed by atoms with E-state index in [2.05, 4.69) is 17.0 Å². The number of amides is 3. The van der Waals surface area contributed by atoms with Crippen LogP contribution in [0.25, 0.3) is 11.3 Å². The van der Waals surface area contributed by atoms with E-state index in [1.54, 1.807) is 18.2 Å². The zero-order chi connectivity index (χ0) is 22.8. The van der Waals surface area contributed by atoms with E-state index >= 15 is 0 Å². The van der Waals surface area contributed by atoms with Gasteiger partial charge in [-0.25, -0.2) is 4.79 Å². The highest BCUT2D eigenvalue weighted by atomic mass is 16.3. The Morgan fingerprint density at radius 3 is 2.36 bits per heavy atom. The number of nitrogens with zero attached hydrogens (tertiary/aromatic N) is 3. The number of furan rings is 1. The molecule has 33 heavy (non-hydrogen) atoms. The summed E-state index contributed by atoms with van der Waals surface area (Å²) >= 11 is 0. The van der Waals surface area contributed by atoms with Gasteiger partial charge >= 0.3 is 6.03 Å². The highest BCUT2D eigenvalue weighted by Crippen LogP contribution is 2.37. The van der Waals surface area contributed by atoms with Crippen molar-refractivity contribution in [1.82, 2.24) is 14.7 Å². The van der Waals surface area contributed by atoms with Crippen molar-refractivity contribution in [1.29, 1.82) is 0 Å². The first-order chi connectivity index (χ1) is 16.1. The second-order valence-corrected chi connectivity index (χ2v) is 8.98. The highest BCUT2D eigenvalue weighted by Gasteiger charge is 2.56. The number of likely N-dealkylation sites (tertiary alicyclic amines) is 1. The van der Waals surface area contributed by atoms with Crippen molar-refractivity contribution in [3.63, 3.8) is 0 Å². The standard InChI is InChI=1S/C27H29N3O3/c1-28-26(32)30(16-13-21-8-3-2-4-9-21)25(31)27(28)14-17-29(18-15-27)20-22-10-5-6-11-23(22)24-12-7-19-33-24/h2-12,19H,13-18,20H2,1H3. The molecule has 0 N–H and O–H groups in total. The van der Waals surface area contributed by atoms with E-state index in [-0.39, 0.29) is 11.9 Å². The van der Waals surface area contributed by atoms with Gasteiger partial charge in [0.15, 0.2) is 0 Å². The third-order valence-corrected chi connectivity index (χ3v) is 7.15. The van der Waals surface area contributed by atoms with Crippen LogP contribution in [0.4, 0.5) is 4.79 Å². The Morgan fingerprint density at radius 2 is 1.64 bits per heavy atom. The van der Waals surface area contributed by atoms with Crippen molar-refractivity contribution < 1.29 is 14.0 Å². The molecule has 0 unspecified atom stereocenters. The maximum atomic E-state index is 13.4. The fraction of sp³-hybridized carbons (Fsp3) is 0.333. The van der Waals surface area contributed by atoms with Gasteiger partial charge in [-0.15, -0.1) is 0 Å². The molecule has 3 heterocycles. The van der Waals surface area contributed by atoms with Gasteiger partial charge in [0.1, 0.15) is 11.3 Å². The minimum absolute atomic E-state index is 0.0402. The van der Waals surface area contributed by atoms with Gasteiger partial charge in [0.2, 0.25) is 0 Å².